The van der Waals surface area contributed by atoms with Crippen LogP contribution < -0.4 is 21.7 Å². The molecule has 2 aromatic heterocycles. The first-order chi connectivity index (χ1) is 16.4. The Labute approximate surface area is 197 Å². The number of H-pyrrole nitrogens is 2. The fourth-order valence-corrected chi connectivity index (χ4v) is 3.25. The van der Waals surface area contributed by atoms with Gasteiger partial charge in [-0.1, -0.05) is 23.7 Å². The molecule has 11 nitrogen and oxygen atoms in total. The number of hydrogen-bond acceptors (Lipinski definition) is 7. The maximum Gasteiger partial charge on any atom is 0.335 e. The largest absolute Gasteiger partial charge is 0.440 e. The van der Waals surface area contributed by atoms with Gasteiger partial charge in [-0.25, -0.2) is 24.2 Å². The van der Waals surface area contributed by atoms with Gasteiger partial charge in [0.25, 0.3) is 0 Å². The molecule has 0 spiro atoms. The van der Waals surface area contributed by atoms with Gasteiger partial charge in [-0.2, -0.15) is 5.10 Å². The minimum atomic E-state index is -1.27. The van der Waals surface area contributed by atoms with E-state index in [-0.39, 0.29) is 18.7 Å². The van der Waals surface area contributed by atoms with E-state index in [1.165, 1.54) is 4.57 Å². The number of hydrogen-bond donors (Lipinski definition) is 4. The van der Waals surface area contributed by atoms with Crippen LogP contribution in [-0.4, -0.2) is 47.2 Å². The van der Waals surface area contributed by atoms with Crippen LogP contribution in [0.25, 0.3) is 0 Å². The molecule has 0 bridgehead atoms. The van der Waals surface area contributed by atoms with Crippen LogP contribution in [0.5, 0.6) is 11.6 Å². The molecule has 12 heteroatoms. The molecule has 0 radical (unpaired) electrons. The van der Waals surface area contributed by atoms with Crippen LogP contribution in [0, 0.1) is 0 Å². The highest BCUT2D eigenvalue weighted by molar-refractivity contribution is 6.30. The van der Waals surface area contributed by atoms with Crippen LogP contribution in [0.2, 0.25) is 5.02 Å². The van der Waals surface area contributed by atoms with E-state index in [0.717, 1.165) is 10.1 Å². The van der Waals surface area contributed by atoms with Gasteiger partial charge < -0.3 is 14.9 Å². The lowest BCUT2D eigenvalue weighted by Crippen LogP contribution is -2.51. The van der Waals surface area contributed by atoms with Gasteiger partial charge in [0.1, 0.15) is 5.75 Å². The summed E-state index contributed by atoms with van der Waals surface area (Å²) in [5.74, 6) is 1.02. The van der Waals surface area contributed by atoms with Gasteiger partial charge in [0.2, 0.25) is 11.5 Å². The van der Waals surface area contributed by atoms with Crippen LogP contribution >= 0.6 is 11.6 Å². The molecule has 2 heterocycles. The number of halogens is 1. The van der Waals surface area contributed by atoms with E-state index in [4.69, 9.17) is 21.4 Å². The molecule has 1 atom stereocenters. The monoisotopic (exact) mass is 484 g/mol. The second kappa shape index (κ2) is 10.3. The number of aromatic nitrogens is 5. The van der Waals surface area contributed by atoms with Crippen molar-refractivity contribution in [3.63, 3.8) is 0 Å². The van der Waals surface area contributed by atoms with E-state index in [9.17, 15) is 14.7 Å². The van der Waals surface area contributed by atoms with Crippen molar-refractivity contribution in [2.45, 2.75) is 19.2 Å². The number of aliphatic hydroxyl groups is 2. The van der Waals surface area contributed by atoms with Gasteiger partial charge >= 0.3 is 11.4 Å². The highest BCUT2D eigenvalue weighted by Gasteiger charge is 2.13. The Morgan fingerprint density at radius 2 is 1.79 bits per heavy atom. The van der Waals surface area contributed by atoms with Crippen LogP contribution in [0.1, 0.15) is 5.56 Å². The lowest BCUT2D eigenvalue weighted by molar-refractivity contribution is 0.0783. The lowest BCUT2D eigenvalue weighted by Gasteiger charge is -2.13. The smallest absolute Gasteiger partial charge is 0.335 e. The molecule has 0 aliphatic heterocycles. The molecule has 4 rings (SSSR count). The van der Waals surface area contributed by atoms with Crippen molar-refractivity contribution < 1.29 is 14.9 Å². The minimum Gasteiger partial charge on any atom is -0.440 e. The first kappa shape index (κ1) is 23.2. The molecule has 0 saturated heterocycles. The molecule has 2 aromatic carbocycles. The lowest BCUT2D eigenvalue weighted by atomic mass is 10.2. The molecule has 1 unspecified atom stereocenters. The third-order valence-corrected chi connectivity index (χ3v) is 5.07. The van der Waals surface area contributed by atoms with Crippen LogP contribution in [-0.2, 0) is 13.1 Å². The Bertz CT molecular complexity index is 1420. The summed E-state index contributed by atoms with van der Waals surface area (Å²) in [6.45, 7) is -0.880. The molecule has 0 amide bonds. The second-order valence-electron chi connectivity index (χ2n) is 7.32. The van der Waals surface area contributed by atoms with Crippen molar-refractivity contribution >= 4 is 17.3 Å². The van der Waals surface area contributed by atoms with Crippen molar-refractivity contribution in [1.29, 1.82) is 0 Å². The molecule has 0 aliphatic rings. The summed E-state index contributed by atoms with van der Waals surface area (Å²) in [6, 6.07) is 15.2. The topological polar surface area (TPSA) is 151 Å². The summed E-state index contributed by atoms with van der Waals surface area (Å²) in [5, 5.41) is 25.9. The maximum absolute atomic E-state index is 13.2. The molecular formula is C22H21ClN6O5. The Morgan fingerprint density at radius 3 is 2.44 bits per heavy atom. The molecule has 0 aliphatic carbocycles. The van der Waals surface area contributed by atoms with E-state index < -0.39 is 24.1 Å². The fraction of sp³-hybridized carbons (Fsp3) is 0.182. The van der Waals surface area contributed by atoms with Crippen molar-refractivity contribution in [1.82, 2.24) is 24.3 Å². The predicted octanol–water partition coefficient (Wildman–Crippen LogP) is 1.14. The molecule has 4 N–H and O–H groups in total. The number of benzene rings is 2. The normalized spacial score (nSPS) is 12.6. The zero-order valence-corrected chi connectivity index (χ0v) is 18.5. The predicted molar refractivity (Wildman–Crippen MR) is 123 cm³/mol. The van der Waals surface area contributed by atoms with E-state index >= 15 is 0 Å². The number of aliphatic hydroxyl groups excluding tert-OH is 2. The number of rotatable bonds is 8. The first-order valence-electron chi connectivity index (χ1n) is 10.2. The molecule has 4 aromatic rings. The highest BCUT2D eigenvalue weighted by atomic mass is 35.5. The van der Waals surface area contributed by atoms with Crippen molar-refractivity contribution in [2.75, 3.05) is 6.61 Å². The molecule has 0 saturated carbocycles. The Balaban J connectivity index is 1.75. The number of nitrogens with zero attached hydrogens (tertiary/aromatic N) is 4. The van der Waals surface area contributed by atoms with Gasteiger partial charge in [-0.05, 0) is 42.0 Å². The van der Waals surface area contributed by atoms with Gasteiger partial charge in [-0.15, -0.1) is 0 Å². The van der Waals surface area contributed by atoms with E-state index in [1.54, 1.807) is 60.8 Å². The summed E-state index contributed by atoms with van der Waals surface area (Å²) >= 11 is 5.96. The summed E-state index contributed by atoms with van der Waals surface area (Å²) in [7, 11) is 0. The van der Waals surface area contributed by atoms with E-state index in [0.29, 0.717) is 22.3 Å². The molecular weight excluding hydrogens is 464 g/mol. The van der Waals surface area contributed by atoms with Crippen LogP contribution in [0.15, 0.2) is 75.4 Å². The van der Waals surface area contributed by atoms with Gasteiger partial charge in [0.05, 0.1) is 37.7 Å². The molecule has 0 fully saturated rings. The van der Waals surface area contributed by atoms with E-state index in [2.05, 4.69) is 20.2 Å². The van der Waals surface area contributed by atoms with Gasteiger partial charge in [0, 0.05) is 11.1 Å². The Kier molecular flexibility index (Phi) is 7.07. The molecule has 34 heavy (non-hydrogen) atoms. The van der Waals surface area contributed by atoms with Crippen LogP contribution in [0.3, 0.4) is 0 Å². The number of aromatic amines is 2. The summed E-state index contributed by atoms with van der Waals surface area (Å²) in [5.41, 5.74) is -0.230. The van der Waals surface area contributed by atoms with Crippen LogP contribution in [0.4, 0.5) is 5.69 Å². The van der Waals surface area contributed by atoms with Gasteiger partial charge in [0.15, 0.2) is 0 Å². The van der Waals surface area contributed by atoms with Gasteiger partial charge in [-0.3, -0.25) is 9.55 Å². The van der Waals surface area contributed by atoms with Crippen molar-refractivity contribution in [2.24, 2.45) is 4.99 Å². The van der Waals surface area contributed by atoms with Crippen molar-refractivity contribution in [3.8, 4) is 11.6 Å². The highest BCUT2D eigenvalue weighted by Crippen LogP contribution is 2.22. The third-order valence-electron chi connectivity index (χ3n) is 4.81. The third kappa shape index (κ3) is 5.52. The molecule has 176 valence electrons. The Hall–Kier alpha value is -3.93. The number of ether oxygens (including phenoxy) is 1. The van der Waals surface area contributed by atoms with E-state index in [1.807, 2.05) is 0 Å². The first-order valence-corrected chi connectivity index (χ1v) is 10.6. The average Bonchev–Trinajstić information content (AvgIpc) is 3.34. The van der Waals surface area contributed by atoms with Crippen molar-refractivity contribution in [3.05, 3.63) is 98.0 Å². The maximum atomic E-state index is 13.2. The zero-order chi connectivity index (χ0) is 24.1. The summed E-state index contributed by atoms with van der Waals surface area (Å²) in [6.07, 6.45) is 0.296. The quantitative estimate of drug-likeness (QED) is 0.294. The zero-order valence-electron chi connectivity index (χ0n) is 17.8. The standard InChI is InChI=1S/C22H21ClN6O5/c23-15-3-1-14(2-4-15)11-28-20(26-21(32)29(22(28)33)12-17(31)13-30)25-16-5-7-18(8-6-16)34-19-9-10-24-27-19/h1-10,17,30-31H,11-13H2,(H,24,27)(H,25,26,32). The summed E-state index contributed by atoms with van der Waals surface area (Å²) in [4.78, 5) is 32.8. The SMILES string of the molecule is O=c1[nH]/c(=N\c2ccc(Oc3ccn[nH]3)cc2)n(Cc2ccc(Cl)cc2)c(=O)n1CC(O)CO. The second-order valence-corrected chi connectivity index (χ2v) is 7.76. The Morgan fingerprint density at radius 1 is 1.06 bits per heavy atom. The number of nitrogens with one attached hydrogen (secondary N) is 2. The summed E-state index contributed by atoms with van der Waals surface area (Å²) < 4.78 is 7.69. The minimum absolute atomic E-state index is 0.0157. The fourth-order valence-electron chi connectivity index (χ4n) is 3.12. The average molecular weight is 485 g/mol.